The molecule has 1 saturated carbocycles. The second kappa shape index (κ2) is 8.57. The van der Waals surface area contributed by atoms with Crippen molar-refractivity contribution in [2.45, 2.75) is 56.7 Å². The molecule has 2 aromatic carbocycles. The van der Waals surface area contributed by atoms with Crippen LogP contribution < -0.4 is 5.32 Å². The van der Waals surface area contributed by atoms with E-state index in [0.29, 0.717) is 12.1 Å². The molecule has 3 heterocycles. The molecule has 2 bridgehead atoms. The Balaban J connectivity index is 0.00000216. The van der Waals surface area contributed by atoms with Crippen molar-refractivity contribution in [2.24, 2.45) is 13.0 Å². The van der Waals surface area contributed by atoms with Gasteiger partial charge in [0.1, 0.15) is 0 Å². The molecular weight excluding hydrogens is 418 g/mol. The van der Waals surface area contributed by atoms with Crippen LogP contribution in [0.4, 0.5) is 0 Å². The number of rotatable bonds is 5. The number of hydrogen-bond donors (Lipinski definition) is 1. The lowest BCUT2D eigenvalue weighted by molar-refractivity contribution is 0.0836. The Kier molecular flexibility index (Phi) is 5.77. The first-order chi connectivity index (χ1) is 15.2. The Bertz CT molecular complexity index is 1110. The Morgan fingerprint density at radius 1 is 0.938 bits per heavy atom. The van der Waals surface area contributed by atoms with E-state index in [1.165, 1.54) is 32.2 Å². The molecular formula is C27H32ClN3O. The fraction of sp³-hybridized carbons (Fsp3) is 0.444. The molecule has 1 aromatic heterocycles. The zero-order chi connectivity index (χ0) is 20.9. The normalized spacial score (nSPS) is 25.0. The highest BCUT2D eigenvalue weighted by atomic mass is 35.5. The Hall–Kier alpha value is -2.30. The summed E-state index contributed by atoms with van der Waals surface area (Å²) in [5.41, 5.74) is 4.02. The summed E-state index contributed by atoms with van der Waals surface area (Å²) in [4.78, 5) is 16.5. The first-order valence-electron chi connectivity index (χ1n) is 11.9. The summed E-state index contributed by atoms with van der Waals surface area (Å²) < 4.78 is 2.17. The Morgan fingerprint density at radius 2 is 1.59 bits per heavy atom. The van der Waals surface area contributed by atoms with Gasteiger partial charge in [0.25, 0.3) is 5.91 Å². The minimum atomic E-state index is 0. The number of nitrogens with zero attached hydrogens (tertiary/aromatic N) is 2. The van der Waals surface area contributed by atoms with E-state index in [9.17, 15) is 4.79 Å². The standard InChI is InChI=1S/C27H31N3O.ClH/c1-29-24-10-6-5-9-23(24)25(26(29)19-7-3-2-4-8-19)27(31)28-20-15-21-13-14-22(16-20)30(21)17-18-11-12-18;/h2-10,18,20-22H,11-17H2,1H3,(H,28,31);1H/t20?,21-,22+;. The van der Waals surface area contributed by atoms with Gasteiger partial charge in [-0.2, -0.15) is 0 Å². The summed E-state index contributed by atoms with van der Waals surface area (Å²) in [6.45, 7) is 1.29. The highest BCUT2D eigenvalue weighted by Crippen LogP contribution is 2.40. The van der Waals surface area contributed by atoms with Crippen molar-refractivity contribution >= 4 is 29.2 Å². The van der Waals surface area contributed by atoms with Crippen LogP contribution in [0.3, 0.4) is 0 Å². The number of halogens is 1. The maximum atomic E-state index is 13.7. The van der Waals surface area contributed by atoms with E-state index in [1.54, 1.807) is 0 Å². The molecule has 32 heavy (non-hydrogen) atoms. The number of amides is 1. The van der Waals surface area contributed by atoms with Crippen LogP contribution in [0.5, 0.6) is 0 Å². The van der Waals surface area contributed by atoms with Gasteiger partial charge in [-0.15, -0.1) is 12.4 Å². The lowest BCUT2D eigenvalue weighted by Crippen LogP contribution is -2.50. The van der Waals surface area contributed by atoms with Gasteiger partial charge in [0.05, 0.1) is 11.3 Å². The second-order valence-electron chi connectivity index (χ2n) is 9.83. The number of fused-ring (bicyclic) bond motifs is 3. The lowest BCUT2D eigenvalue weighted by atomic mass is 9.96. The predicted octanol–water partition coefficient (Wildman–Crippen LogP) is 5.40. The lowest BCUT2D eigenvalue weighted by Gasteiger charge is -2.39. The zero-order valence-electron chi connectivity index (χ0n) is 18.7. The number of hydrogen-bond acceptors (Lipinski definition) is 2. The molecule has 6 rings (SSSR count). The average molecular weight is 450 g/mol. The van der Waals surface area contributed by atoms with E-state index in [2.05, 4.69) is 46.1 Å². The fourth-order valence-electron chi connectivity index (χ4n) is 6.10. The maximum Gasteiger partial charge on any atom is 0.254 e. The Morgan fingerprint density at radius 3 is 2.28 bits per heavy atom. The van der Waals surface area contributed by atoms with Crippen molar-refractivity contribution in [1.29, 1.82) is 0 Å². The molecule has 3 aromatic rings. The van der Waals surface area contributed by atoms with Crippen LogP contribution in [0.2, 0.25) is 0 Å². The van der Waals surface area contributed by atoms with Crippen LogP contribution in [-0.4, -0.2) is 40.0 Å². The van der Waals surface area contributed by atoms with Gasteiger partial charge >= 0.3 is 0 Å². The number of carbonyl (C=O) groups is 1. The first kappa shape index (κ1) is 21.5. The van der Waals surface area contributed by atoms with E-state index in [-0.39, 0.29) is 24.4 Å². The molecule has 3 aliphatic rings. The third-order valence-corrected chi connectivity index (χ3v) is 7.77. The van der Waals surface area contributed by atoms with Crippen molar-refractivity contribution < 1.29 is 4.79 Å². The van der Waals surface area contributed by atoms with Gasteiger partial charge in [0.2, 0.25) is 0 Å². The third-order valence-electron chi connectivity index (χ3n) is 7.77. The molecule has 4 nitrogen and oxygen atoms in total. The number of aryl methyl sites for hydroxylation is 1. The zero-order valence-corrected chi connectivity index (χ0v) is 19.5. The van der Waals surface area contributed by atoms with Gasteiger partial charge in [-0.25, -0.2) is 0 Å². The molecule has 2 aliphatic heterocycles. The van der Waals surface area contributed by atoms with Crippen LogP contribution in [0, 0.1) is 5.92 Å². The van der Waals surface area contributed by atoms with Gasteiger partial charge in [0, 0.05) is 42.6 Å². The molecule has 3 atom stereocenters. The predicted molar refractivity (Wildman–Crippen MR) is 132 cm³/mol. The Labute approximate surface area is 196 Å². The minimum absolute atomic E-state index is 0. The first-order valence-corrected chi connectivity index (χ1v) is 11.9. The number of benzene rings is 2. The van der Waals surface area contributed by atoms with E-state index in [0.717, 1.165) is 46.5 Å². The number of piperidine rings is 1. The molecule has 1 aliphatic carbocycles. The molecule has 1 N–H and O–H groups in total. The van der Waals surface area contributed by atoms with Crippen molar-refractivity contribution in [3.63, 3.8) is 0 Å². The summed E-state index contributed by atoms with van der Waals surface area (Å²) in [5, 5.41) is 4.50. The smallest absolute Gasteiger partial charge is 0.254 e. The van der Waals surface area contributed by atoms with E-state index < -0.39 is 0 Å². The summed E-state index contributed by atoms with van der Waals surface area (Å²) in [5.74, 6) is 1.02. The van der Waals surface area contributed by atoms with Gasteiger partial charge < -0.3 is 9.88 Å². The van der Waals surface area contributed by atoms with Crippen molar-refractivity contribution in [1.82, 2.24) is 14.8 Å². The van der Waals surface area contributed by atoms with E-state index in [4.69, 9.17) is 0 Å². The van der Waals surface area contributed by atoms with Crippen LogP contribution >= 0.6 is 12.4 Å². The topological polar surface area (TPSA) is 37.3 Å². The van der Waals surface area contributed by atoms with Crippen LogP contribution in [0.15, 0.2) is 54.6 Å². The summed E-state index contributed by atoms with van der Waals surface area (Å²) in [6, 6.07) is 20.2. The van der Waals surface area contributed by atoms with Gasteiger partial charge in [-0.3, -0.25) is 9.69 Å². The maximum absolute atomic E-state index is 13.7. The van der Waals surface area contributed by atoms with Crippen LogP contribution in [0.1, 0.15) is 48.9 Å². The molecule has 3 fully saturated rings. The summed E-state index contributed by atoms with van der Waals surface area (Å²) in [6.07, 6.45) is 7.63. The molecule has 0 spiro atoms. The molecule has 0 radical (unpaired) electrons. The number of para-hydroxylation sites is 1. The number of aromatic nitrogens is 1. The second-order valence-corrected chi connectivity index (χ2v) is 9.83. The summed E-state index contributed by atoms with van der Waals surface area (Å²) in [7, 11) is 2.07. The van der Waals surface area contributed by atoms with E-state index >= 15 is 0 Å². The van der Waals surface area contributed by atoms with E-state index in [1.807, 2.05) is 30.3 Å². The van der Waals surface area contributed by atoms with Crippen molar-refractivity contribution in [3.8, 4) is 11.3 Å². The monoisotopic (exact) mass is 449 g/mol. The average Bonchev–Trinajstić information content (AvgIpc) is 3.51. The van der Waals surface area contributed by atoms with Crippen LogP contribution in [-0.2, 0) is 7.05 Å². The fourth-order valence-corrected chi connectivity index (χ4v) is 6.10. The highest BCUT2D eigenvalue weighted by Gasteiger charge is 2.43. The number of carbonyl (C=O) groups excluding carboxylic acids is 1. The molecule has 5 heteroatoms. The minimum Gasteiger partial charge on any atom is -0.349 e. The molecule has 2 saturated heterocycles. The highest BCUT2D eigenvalue weighted by molar-refractivity contribution is 6.12. The van der Waals surface area contributed by atoms with Crippen LogP contribution in [0.25, 0.3) is 22.2 Å². The van der Waals surface area contributed by atoms with Crippen molar-refractivity contribution in [2.75, 3.05) is 6.54 Å². The largest absolute Gasteiger partial charge is 0.349 e. The quantitative estimate of drug-likeness (QED) is 0.566. The van der Waals surface area contributed by atoms with Gasteiger partial charge in [-0.1, -0.05) is 48.5 Å². The molecule has 1 amide bonds. The van der Waals surface area contributed by atoms with Gasteiger partial charge in [0.15, 0.2) is 0 Å². The molecule has 168 valence electrons. The van der Waals surface area contributed by atoms with Crippen molar-refractivity contribution in [3.05, 3.63) is 60.2 Å². The van der Waals surface area contributed by atoms with Gasteiger partial charge in [-0.05, 0) is 56.1 Å². The summed E-state index contributed by atoms with van der Waals surface area (Å²) >= 11 is 0. The number of nitrogens with one attached hydrogen (secondary N) is 1. The SMILES string of the molecule is Cl.Cn1c(-c2ccccc2)c(C(=O)NC2C[C@H]3CC[C@@H](C2)N3CC2CC2)c2ccccc21. The third kappa shape index (κ3) is 3.74. The molecule has 1 unspecified atom stereocenters.